The van der Waals surface area contributed by atoms with Crippen molar-refractivity contribution in [3.05, 3.63) is 22.9 Å². The number of halogens is 2. The van der Waals surface area contributed by atoms with Crippen molar-refractivity contribution in [2.75, 3.05) is 14.2 Å². The molecule has 0 spiro atoms. The zero-order valence-electron chi connectivity index (χ0n) is 10.1. The minimum atomic E-state index is -2.81. The summed E-state index contributed by atoms with van der Waals surface area (Å²) in [5.74, 6) is -0.585. The highest BCUT2D eigenvalue weighted by Gasteiger charge is 2.22. The molecule has 5 nitrogen and oxygen atoms in total. The van der Waals surface area contributed by atoms with Gasteiger partial charge in [-0.15, -0.1) is 0 Å². The highest BCUT2D eigenvalue weighted by Crippen LogP contribution is 2.27. The van der Waals surface area contributed by atoms with Crippen LogP contribution in [0.5, 0.6) is 5.88 Å². The van der Waals surface area contributed by atoms with Crippen LogP contribution in [0.25, 0.3) is 0 Å². The molecule has 2 N–H and O–H groups in total. The molecule has 0 aliphatic carbocycles. The maximum absolute atomic E-state index is 12.9. The fraction of sp³-hybridized carbons (Fsp3) is 0.455. The molecule has 0 amide bonds. The van der Waals surface area contributed by atoms with Crippen molar-refractivity contribution in [2.24, 2.45) is 5.73 Å². The van der Waals surface area contributed by atoms with E-state index in [1.165, 1.54) is 20.3 Å². The zero-order chi connectivity index (χ0) is 13.7. The molecular formula is C11H14F2N2O3. The first-order chi connectivity index (χ1) is 8.53. The number of nitrogens with two attached hydrogens (primary N) is 1. The standard InChI is InChI=1S/C11H14F2N2O3/c1-17-8-3-6(5-14)7(4-9(16)18-2)10(15-8)11(12)13/h3,11H,4-5,14H2,1-2H3. The Morgan fingerprint density at radius 2 is 2.17 bits per heavy atom. The van der Waals surface area contributed by atoms with Crippen LogP contribution in [0.2, 0.25) is 0 Å². The molecule has 0 radical (unpaired) electrons. The molecule has 0 atom stereocenters. The summed E-state index contributed by atoms with van der Waals surface area (Å²) in [7, 11) is 2.50. The van der Waals surface area contributed by atoms with Gasteiger partial charge < -0.3 is 15.2 Å². The largest absolute Gasteiger partial charge is 0.481 e. The molecule has 1 aromatic rings. The quantitative estimate of drug-likeness (QED) is 0.805. The molecule has 0 saturated carbocycles. The predicted molar refractivity (Wildman–Crippen MR) is 59.4 cm³/mol. The van der Waals surface area contributed by atoms with Gasteiger partial charge in [0.1, 0.15) is 5.69 Å². The summed E-state index contributed by atoms with van der Waals surface area (Å²) < 4.78 is 35.1. The summed E-state index contributed by atoms with van der Waals surface area (Å²) in [6.45, 7) is 0.00489. The fourth-order valence-electron chi connectivity index (χ4n) is 1.51. The molecule has 1 aromatic heterocycles. The third kappa shape index (κ3) is 3.13. The fourth-order valence-corrected chi connectivity index (χ4v) is 1.51. The minimum Gasteiger partial charge on any atom is -0.481 e. The molecule has 1 rings (SSSR count). The van der Waals surface area contributed by atoms with Gasteiger partial charge in [0.15, 0.2) is 0 Å². The molecule has 7 heteroatoms. The summed E-state index contributed by atoms with van der Waals surface area (Å²) in [6, 6.07) is 1.43. The van der Waals surface area contributed by atoms with E-state index in [1.807, 2.05) is 0 Å². The van der Waals surface area contributed by atoms with Gasteiger partial charge in [-0.05, 0) is 11.1 Å². The Labute approximate surface area is 103 Å². The van der Waals surface area contributed by atoms with E-state index in [0.29, 0.717) is 5.56 Å². The number of hydrogen-bond acceptors (Lipinski definition) is 5. The second-order valence-electron chi connectivity index (χ2n) is 3.45. The molecule has 0 aliphatic rings. The van der Waals surface area contributed by atoms with E-state index in [0.717, 1.165) is 0 Å². The highest BCUT2D eigenvalue weighted by molar-refractivity contribution is 5.73. The number of carbonyl (C=O) groups excluding carboxylic acids is 1. The Hall–Kier alpha value is -1.76. The number of aromatic nitrogens is 1. The number of pyridine rings is 1. The van der Waals surface area contributed by atoms with E-state index in [9.17, 15) is 13.6 Å². The van der Waals surface area contributed by atoms with Gasteiger partial charge in [0.25, 0.3) is 6.43 Å². The Morgan fingerprint density at radius 3 is 2.61 bits per heavy atom. The molecule has 0 aliphatic heterocycles. The number of esters is 1. The van der Waals surface area contributed by atoms with E-state index in [1.54, 1.807) is 0 Å². The Bertz CT molecular complexity index is 439. The molecule has 1 heterocycles. The van der Waals surface area contributed by atoms with Crippen LogP contribution in [0.3, 0.4) is 0 Å². The van der Waals surface area contributed by atoms with E-state index >= 15 is 0 Å². The van der Waals surface area contributed by atoms with Crippen LogP contribution in [0, 0.1) is 0 Å². The lowest BCUT2D eigenvalue weighted by molar-refractivity contribution is -0.139. The Kier molecular flexibility index (Phi) is 4.96. The van der Waals surface area contributed by atoms with Gasteiger partial charge in [-0.3, -0.25) is 4.79 Å². The highest BCUT2D eigenvalue weighted by atomic mass is 19.3. The second-order valence-corrected chi connectivity index (χ2v) is 3.45. The summed E-state index contributed by atoms with van der Waals surface area (Å²) in [5.41, 5.74) is 5.47. The Morgan fingerprint density at radius 1 is 1.50 bits per heavy atom. The van der Waals surface area contributed by atoms with Crippen LogP contribution in [0.1, 0.15) is 23.2 Å². The molecule has 0 saturated heterocycles. The van der Waals surface area contributed by atoms with Gasteiger partial charge in [-0.2, -0.15) is 0 Å². The molecule has 18 heavy (non-hydrogen) atoms. The SMILES string of the molecule is COC(=O)Cc1c(CN)cc(OC)nc1C(F)F. The van der Waals surface area contributed by atoms with E-state index in [2.05, 4.69) is 9.72 Å². The van der Waals surface area contributed by atoms with Gasteiger partial charge in [0.2, 0.25) is 5.88 Å². The number of alkyl halides is 2. The first-order valence-electron chi connectivity index (χ1n) is 5.15. The molecule has 100 valence electrons. The van der Waals surface area contributed by atoms with Gasteiger partial charge in [0, 0.05) is 12.6 Å². The summed E-state index contributed by atoms with van der Waals surface area (Å²) in [5, 5.41) is 0. The van der Waals surface area contributed by atoms with Crippen LogP contribution >= 0.6 is 0 Å². The minimum absolute atomic E-state index is 0.00489. The molecule has 0 fully saturated rings. The average molecular weight is 260 g/mol. The van der Waals surface area contributed by atoms with Crippen LogP contribution in [0.4, 0.5) is 8.78 Å². The monoisotopic (exact) mass is 260 g/mol. The molecule has 0 unspecified atom stereocenters. The van der Waals surface area contributed by atoms with Crippen molar-refractivity contribution in [1.29, 1.82) is 0 Å². The third-order valence-corrected chi connectivity index (χ3v) is 2.41. The number of ether oxygens (including phenoxy) is 2. The van der Waals surface area contributed by atoms with E-state index < -0.39 is 18.1 Å². The summed E-state index contributed by atoms with van der Waals surface area (Å²) in [6.07, 6.45) is -3.11. The first kappa shape index (κ1) is 14.3. The maximum atomic E-state index is 12.9. The maximum Gasteiger partial charge on any atom is 0.310 e. The first-order valence-corrected chi connectivity index (χ1v) is 5.15. The molecule has 0 bridgehead atoms. The van der Waals surface area contributed by atoms with Crippen LogP contribution in [0.15, 0.2) is 6.07 Å². The topological polar surface area (TPSA) is 74.4 Å². The number of rotatable bonds is 5. The molecule has 0 aromatic carbocycles. The van der Waals surface area contributed by atoms with Gasteiger partial charge in [-0.1, -0.05) is 0 Å². The molecular weight excluding hydrogens is 246 g/mol. The van der Waals surface area contributed by atoms with E-state index in [4.69, 9.17) is 10.5 Å². The number of nitrogens with zero attached hydrogens (tertiary/aromatic N) is 1. The van der Waals surface area contributed by atoms with E-state index in [-0.39, 0.29) is 24.4 Å². The van der Waals surface area contributed by atoms with Crippen LogP contribution < -0.4 is 10.5 Å². The van der Waals surface area contributed by atoms with Gasteiger partial charge >= 0.3 is 5.97 Å². The van der Waals surface area contributed by atoms with Crippen LogP contribution in [-0.2, 0) is 22.5 Å². The van der Waals surface area contributed by atoms with Crippen molar-refractivity contribution >= 4 is 5.97 Å². The van der Waals surface area contributed by atoms with Crippen molar-refractivity contribution in [1.82, 2.24) is 4.98 Å². The predicted octanol–water partition coefficient (Wildman–Crippen LogP) is 1.20. The normalized spacial score (nSPS) is 10.6. The van der Waals surface area contributed by atoms with Crippen molar-refractivity contribution in [3.8, 4) is 5.88 Å². The number of hydrogen-bond donors (Lipinski definition) is 1. The lowest BCUT2D eigenvalue weighted by Crippen LogP contribution is -2.14. The van der Waals surface area contributed by atoms with Crippen molar-refractivity contribution in [2.45, 2.75) is 19.4 Å². The average Bonchev–Trinajstić information content (AvgIpc) is 2.38. The lowest BCUT2D eigenvalue weighted by atomic mass is 10.0. The zero-order valence-corrected chi connectivity index (χ0v) is 10.1. The summed E-state index contributed by atoms with van der Waals surface area (Å²) in [4.78, 5) is 14.9. The smallest absolute Gasteiger partial charge is 0.310 e. The van der Waals surface area contributed by atoms with Gasteiger partial charge in [0.05, 0.1) is 20.6 Å². The summed E-state index contributed by atoms with van der Waals surface area (Å²) >= 11 is 0. The van der Waals surface area contributed by atoms with Crippen molar-refractivity contribution in [3.63, 3.8) is 0 Å². The second kappa shape index (κ2) is 6.25. The van der Waals surface area contributed by atoms with Crippen molar-refractivity contribution < 1.29 is 23.0 Å². The van der Waals surface area contributed by atoms with Gasteiger partial charge in [-0.25, -0.2) is 13.8 Å². The number of methoxy groups -OCH3 is 2. The lowest BCUT2D eigenvalue weighted by Gasteiger charge is -2.13. The van der Waals surface area contributed by atoms with Crippen LogP contribution in [-0.4, -0.2) is 25.2 Å². The third-order valence-electron chi connectivity index (χ3n) is 2.41. The Balaban J connectivity index is 3.30. The number of carbonyl (C=O) groups is 1.